The number of benzene rings is 2. The summed E-state index contributed by atoms with van der Waals surface area (Å²) in [6.07, 6.45) is 0. The topological polar surface area (TPSA) is 111 Å². The van der Waals surface area contributed by atoms with Gasteiger partial charge in [0.15, 0.2) is 11.5 Å². The van der Waals surface area contributed by atoms with Crippen LogP contribution in [-0.2, 0) is 14.8 Å². The van der Waals surface area contributed by atoms with Crippen LogP contribution in [0.2, 0.25) is 0 Å². The number of carbonyl (C=O) groups excluding carboxylic acids is 1. The molecule has 2 aromatic carbocycles. The second-order valence-electron chi connectivity index (χ2n) is 5.07. The second-order valence-corrected chi connectivity index (χ2v) is 6.93. The average molecular weight is 383 g/mol. The smallest absolute Gasteiger partial charge is 0.264 e. The summed E-state index contributed by atoms with van der Waals surface area (Å²) < 4.78 is 50.3. The van der Waals surface area contributed by atoms with Crippen molar-refractivity contribution in [1.29, 1.82) is 0 Å². The molecule has 1 amide bonds. The van der Waals surface area contributed by atoms with Gasteiger partial charge in [-0.3, -0.25) is 14.5 Å². The number of sulfonamides is 1. The molecule has 2 aromatic rings. The first-order chi connectivity index (χ1) is 12.3. The van der Waals surface area contributed by atoms with Gasteiger partial charge in [0.1, 0.15) is 12.4 Å². The number of hydrogen-bond acceptors (Lipinski definition) is 6. The number of methoxy groups -OCH3 is 2. The number of ether oxygens (including phenoxy) is 2. The lowest BCUT2D eigenvalue weighted by Gasteiger charge is -2.24. The third-order valence-electron chi connectivity index (χ3n) is 3.51. The SMILES string of the molecule is COc1ccc(S(=O)(=O)N(CC(=O)NN)c2ccc(F)cc2)cc1OC. The molecule has 26 heavy (non-hydrogen) atoms. The Labute approximate surface area is 150 Å². The lowest BCUT2D eigenvalue weighted by Crippen LogP contribution is -2.43. The van der Waals surface area contributed by atoms with Gasteiger partial charge in [0.05, 0.1) is 24.8 Å². The van der Waals surface area contributed by atoms with Gasteiger partial charge in [0, 0.05) is 6.07 Å². The predicted molar refractivity (Wildman–Crippen MR) is 92.8 cm³/mol. The quantitative estimate of drug-likeness (QED) is 0.420. The van der Waals surface area contributed by atoms with Crippen molar-refractivity contribution in [1.82, 2.24) is 5.43 Å². The summed E-state index contributed by atoms with van der Waals surface area (Å²) >= 11 is 0. The Hall–Kier alpha value is -2.85. The number of hydrogen-bond donors (Lipinski definition) is 2. The molecule has 10 heteroatoms. The molecule has 0 aliphatic rings. The standard InChI is InChI=1S/C16H18FN3O5S/c1-24-14-8-7-13(9-15(14)25-2)26(22,23)20(10-16(21)19-18)12-5-3-11(17)4-6-12/h3-9H,10,18H2,1-2H3,(H,19,21). The molecule has 2 rings (SSSR count). The van der Waals surface area contributed by atoms with Crippen LogP contribution in [0.4, 0.5) is 10.1 Å². The van der Waals surface area contributed by atoms with Crippen molar-refractivity contribution in [3.05, 3.63) is 48.3 Å². The molecule has 0 fully saturated rings. The largest absolute Gasteiger partial charge is 0.493 e. The molecule has 0 aliphatic carbocycles. The van der Waals surface area contributed by atoms with E-state index in [0.29, 0.717) is 5.75 Å². The van der Waals surface area contributed by atoms with E-state index in [9.17, 15) is 17.6 Å². The van der Waals surface area contributed by atoms with Crippen molar-refractivity contribution in [3.63, 3.8) is 0 Å². The van der Waals surface area contributed by atoms with Gasteiger partial charge in [0.2, 0.25) is 0 Å². The first kappa shape index (κ1) is 19.5. The summed E-state index contributed by atoms with van der Waals surface area (Å²) in [7, 11) is -1.38. The summed E-state index contributed by atoms with van der Waals surface area (Å²) in [5.74, 6) is 4.34. The van der Waals surface area contributed by atoms with Gasteiger partial charge >= 0.3 is 0 Å². The summed E-state index contributed by atoms with van der Waals surface area (Å²) in [5.41, 5.74) is 1.98. The van der Waals surface area contributed by atoms with Crippen molar-refractivity contribution >= 4 is 21.6 Å². The van der Waals surface area contributed by atoms with Crippen LogP contribution in [-0.4, -0.2) is 35.1 Å². The van der Waals surface area contributed by atoms with Crippen molar-refractivity contribution in [2.24, 2.45) is 5.84 Å². The Morgan fingerprint density at radius 1 is 1.12 bits per heavy atom. The number of halogens is 1. The second kappa shape index (κ2) is 8.02. The number of nitrogens with one attached hydrogen (secondary N) is 1. The van der Waals surface area contributed by atoms with E-state index in [2.05, 4.69) is 0 Å². The number of nitrogens with two attached hydrogens (primary N) is 1. The van der Waals surface area contributed by atoms with Gasteiger partial charge < -0.3 is 9.47 Å². The fourth-order valence-corrected chi connectivity index (χ4v) is 3.64. The summed E-state index contributed by atoms with van der Waals surface area (Å²) in [6, 6.07) is 8.69. The molecular formula is C16H18FN3O5S. The van der Waals surface area contributed by atoms with Crippen LogP contribution in [0.15, 0.2) is 47.4 Å². The van der Waals surface area contributed by atoms with Crippen LogP contribution in [0.1, 0.15) is 0 Å². The van der Waals surface area contributed by atoms with Gasteiger partial charge in [0.25, 0.3) is 15.9 Å². The molecule has 0 saturated heterocycles. The molecule has 0 radical (unpaired) electrons. The average Bonchev–Trinajstić information content (AvgIpc) is 2.65. The maximum absolute atomic E-state index is 13.2. The molecule has 8 nitrogen and oxygen atoms in total. The fraction of sp³-hybridized carbons (Fsp3) is 0.188. The zero-order valence-electron chi connectivity index (χ0n) is 14.1. The third-order valence-corrected chi connectivity index (χ3v) is 5.28. The number of nitrogens with zero attached hydrogens (tertiary/aromatic N) is 1. The molecule has 0 unspecified atom stereocenters. The van der Waals surface area contributed by atoms with Gasteiger partial charge in [-0.05, 0) is 36.4 Å². The van der Waals surface area contributed by atoms with Crippen LogP contribution < -0.4 is 25.0 Å². The van der Waals surface area contributed by atoms with Crippen LogP contribution in [0.5, 0.6) is 11.5 Å². The highest BCUT2D eigenvalue weighted by molar-refractivity contribution is 7.92. The lowest BCUT2D eigenvalue weighted by atomic mass is 10.3. The highest BCUT2D eigenvalue weighted by Crippen LogP contribution is 2.32. The number of carbonyl (C=O) groups is 1. The van der Waals surface area contributed by atoms with E-state index < -0.39 is 28.3 Å². The number of hydrazine groups is 1. The fourth-order valence-electron chi connectivity index (χ4n) is 2.20. The first-order valence-corrected chi connectivity index (χ1v) is 8.77. The van der Waals surface area contributed by atoms with Crippen molar-refractivity contribution in [3.8, 4) is 11.5 Å². The van der Waals surface area contributed by atoms with Crippen LogP contribution >= 0.6 is 0 Å². The van der Waals surface area contributed by atoms with E-state index >= 15 is 0 Å². The Morgan fingerprint density at radius 2 is 1.73 bits per heavy atom. The van der Waals surface area contributed by atoms with Crippen LogP contribution in [0.25, 0.3) is 0 Å². The molecule has 0 atom stereocenters. The van der Waals surface area contributed by atoms with E-state index in [0.717, 1.165) is 16.4 Å². The molecule has 0 spiro atoms. The first-order valence-electron chi connectivity index (χ1n) is 7.33. The van der Waals surface area contributed by atoms with Crippen molar-refractivity contribution in [2.45, 2.75) is 4.90 Å². The molecule has 0 aromatic heterocycles. The normalized spacial score (nSPS) is 10.9. The van der Waals surface area contributed by atoms with Crippen LogP contribution in [0, 0.1) is 5.82 Å². The Balaban J connectivity index is 2.54. The molecule has 0 heterocycles. The van der Waals surface area contributed by atoms with E-state index in [-0.39, 0.29) is 16.3 Å². The van der Waals surface area contributed by atoms with E-state index in [1.807, 2.05) is 5.43 Å². The Bertz CT molecular complexity index is 887. The number of rotatable bonds is 7. The maximum atomic E-state index is 13.2. The van der Waals surface area contributed by atoms with Gasteiger partial charge in [-0.1, -0.05) is 0 Å². The van der Waals surface area contributed by atoms with Gasteiger partial charge in [-0.15, -0.1) is 0 Å². The summed E-state index contributed by atoms with van der Waals surface area (Å²) in [4.78, 5) is 11.6. The monoisotopic (exact) mass is 383 g/mol. The van der Waals surface area contributed by atoms with Gasteiger partial charge in [-0.2, -0.15) is 0 Å². The highest BCUT2D eigenvalue weighted by atomic mass is 32.2. The van der Waals surface area contributed by atoms with E-state index in [4.69, 9.17) is 15.3 Å². The zero-order valence-corrected chi connectivity index (χ0v) is 14.9. The molecule has 0 aliphatic heterocycles. The van der Waals surface area contributed by atoms with E-state index in [1.165, 1.54) is 44.6 Å². The predicted octanol–water partition coefficient (Wildman–Crippen LogP) is 1.03. The minimum Gasteiger partial charge on any atom is -0.493 e. The molecule has 140 valence electrons. The molecule has 0 bridgehead atoms. The zero-order chi connectivity index (χ0) is 19.3. The van der Waals surface area contributed by atoms with E-state index in [1.54, 1.807) is 0 Å². The number of anilines is 1. The molecular weight excluding hydrogens is 365 g/mol. The minimum absolute atomic E-state index is 0.102. The van der Waals surface area contributed by atoms with Gasteiger partial charge in [-0.25, -0.2) is 18.7 Å². The highest BCUT2D eigenvalue weighted by Gasteiger charge is 2.28. The lowest BCUT2D eigenvalue weighted by molar-refractivity contribution is -0.119. The number of amides is 1. The molecule has 0 saturated carbocycles. The molecule has 3 N–H and O–H groups in total. The van der Waals surface area contributed by atoms with Crippen LogP contribution in [0.3, 0.4) is 0 Å². The third kappa shape index (κ3) is 4.03. The Kier molecular flexibility index (Phi) is 6.01. The minimum atomic E-state index is -4.17. The summed E-state index contributed by atoms with van der Waals surface area (Å²) in [5, 5.41) is 0. The van der Waals surface area contributed by atoms with Crippen molar-refractivity contribution < 1.29 is 27.1 Å². The summed E-state index contributed by atoms with van der Waals surface area (Å²) in [6.45, 7) is -0.585. The van der Waals surface area contributed by atoms with Crippen molar-refractivity contribution in [2.75, 3.05) is 25.1 Å². The Morgan fingerprint density at radius 3 is 2.27 bits per heavy atom. The maximum Gasteiger partial charge on any atom is 0.264 e.